The minimum Gasteiger partial charge on any atom is -0.498 e. The molecule has 298 valence electrons. The molecule has 7 heteroatoms. The lowest BCUT2D eigenvalue weighted by Gasteiger charge is -2.40. The van der Waals surface area contributed by atoms with Gasteiger partial charge in [0.1, 0.15) is 22.9 Å². The molecule has 0 amide bonds. The summed E-state index contributed by atoms with van der Waals surface area (Å²) in [7, 11) is 19.3. The van der Waals surface area contributed by atoms with Crippen LogP contribution in [0.1, 0.15) is 176 Å². The lowest BCUT2D eigenvalue weighted by atomic mass is 9.61. The summed E-state index contributed by atoms with van der Waals surface area (Å²) in [5, 5.41) is -1.02. The van der Waals surface area contributed by atoms with Crippen LogP contribution in [0.5, 0.6) is 5.75 Å². The van der Waals surface area contributed by atoms with Crippen molar-refractivity contribution in [1.29, 1.82) is 0 Å². The summed E-state index contributed by atoms with van der Waals surface area (Å²) in [5.74, 6) is 2.48. The van der Waals surface area contributed by atoms with Gasteiger partial charge >= 0.3 is 0 Å². The number of methoxy groups -OCH3 is 3. The van der Waals surface area contributed by atoms with Gasteiger partial charge in [-0.05, 0) is 137 Å². The normalized spacial score (nSPS) is 21.3. The summed E-state index contributed by atoms with van der Waals surface area (Å²) < 4.78 is 31.0. The molecule has 1 aliphatic carbocycles. The summed E-state index contributed by atoms with van der Waals surface area (Å²) >= 11 is 0. The lowest BCUT2D eigenvalue weighted by molar-refractivity contribution is -0.0800. The molecule has 2 aromatic carbocycles. The van der Waals surface area contributed by atoms with Gasteiger partial charge in [0.15, 0.2) is 0 Å². The monoisotopic (exact) mass is 741 g/mol. The van der Waals surface area contributed by atoms with Crippen molar-refractivity contribution in [3.8, 4) is 16.9 Å². The van der Waals surface area contributed by atoms with E-state index in [4.69, 9.17) is 39.4 Å². The Morgan fingerprint density at radius 1 is 0.648 bits per heavy atom. The predicted molar refractivity (Wildman–Crippen MR) is 229 cm³/mol. The van der Waals surface area contributed by atoms with E-state index >= 15 is 0 Å². The molecule has 0 N–H and O–H groups in total. The summed E-state index contributed by atoms with van der Waals surface area (Å²) in [4.78, 5) is 0. The van der Waals surface area contributed by atoms with Gasteiger partial charge in [0.25, 0.3) is 0 Å². The highest BCUT2D eigenvalue weighted by Gasteiger charge is 2.46. The van der Waals surface area contributed by atoms with E-state index in [1.807, 2.05) is 13.8 Å². The first-order valence-corrected chi connectivity index (χ1v) is 20.8. The van der Waals surface area contributed by atoms with Crippen molar-refractivity contribution in [3.05, 3.63) is 64.1 Å². The van der Waals surface area contributed by atoms with Crippen LogP contribution in [0.4, 0.5) is 0 Å². The van der Waals surface area contributed by atoms with Crippen LogP contribution < -0.4 is 4.74 Å². The Kier molecular flexibility index (Phi) is 15.6. The fourth-order valence-corrected chi connectivity index (χ4v) is 7.96. The lowest BCUT2D eigenvalue weighted by Crippen LogP contribution is -2.36. The van der Waals surface area contributed by atoms with Gasteiger partial charge in [-0.25, -0.2) is 0 Å². The van der Waals surface area contributed by atoms with Gasteiger partial charge in [0.2, 0.25) is 0 Å². The Morgan fingerprint density at radius 3 is 1.80 bits per heavy atom. The summed E-state index contributed by atoms with van der Waals surface area (Å²) in [5.41, 5.74) is 6.18. The Morgan fingerprint density at radius 2 is 1.26 bits per heavy atom. The van der Waals surface area contributed by atoms with E-state index in [2.05, 4.69) is 99.6 Å². The van der Waals surface area contributed by atoms with Crippen molar-refractivity contribution in [2.45, 2.75) is 187 Å². The first-order chi connectivity index (χ1) is 25.2. The molecule has 0 aromatic heterocycles. The zero-order chi connectivity index (χ0) is 40.8. The molecule has 54 heavy (non-hydrogen) atoms. The van der Waals surface area contributed by atoms with E-state index in [-0.39, 0.29) is 22.2 Å². The molecule has 0 bridgehead atoms. The highest BCUT2D eigenvalue weighted by Crippen LogP contribution is 2.57. The molecule has 5 nitrogen and oxygen atoms in total. The van der Waals surface area contributed by atoms with E-state index < -0.39 is 10.6 Å². The highest BCUT2D eigenvalue weighted by atomic mass is 16.5. The van der Waals surface area contributed by atoms with Crippen LogP contribution >= 0.6 is 0 Å². The molecule has 0 heterocycles. The average molecular weight is 741 g/mol. The maximum atomic E-state index is 7.08. The van der Waals surface area contributed by atoms with Crippen LogP contribution in [0.15, 0.2) is 41.9 Å². The zero-order valence-electron chi connectivity index (χ0n) is 37.1. The Balaban J connectivity index is 2.28. The number of rotatable bonds is 23. The molecular weight excluding hydrogens is 666 g/mol. The maximum absolute atomic E-state index is 7.08. The van der Waals surface area contributed by atoms with Crippen LogP contribution in [-0.2, 0) is 35.0 Å². The van der Waals surface area contributed by atoms with Crippen molar-refractivity contribution in [1.82, 2.24) is 0 Å². The summed E-state index contributed by atoms with van der Waals surface area (Å²) in [6, 6.07) is 11.6. The van der Waals surface area contributed by atoms with E-state index in [0.717, 1.165) is 99.0 Å². The minimum atomic E-state index is -0.559. The zero-order valence-corrected chi connectivity index (χ0v) is 37.1. The number of hydrogen-bond donors (Lipinski definition) is 0. The molecule has 0 spiro atoms. The van der Waals surface area contributed by atoms with Crippen LogP contribution in [-0.4, -0.2) is 60.4 Å². The van der Waals surface area contributed by atoms with Gasteiger partial charge in [-0.1, -0.05) is 91.1 Å². The molecule has 6 atom stereocenters. The van der Waals surface area contributed by atoms with Gasteiger partial charge in [0, 0.05) is 12.5 Å². The van der Waals surface area contributed by atoms with E-state index in [1.54, 1.807) is 21.3 Å². The first kappa shape index (κ1) is 46.0. The molecule has 6 unspecified atom stereocenters. The second kappa shape index (κ2) is 18.3. The van der Waals surface area contributed by atoms with Crippen molar-refractivity contribution >= 4 is 15.7 Å². The molecule has 4 radical (unpaired) electrons. The minimum absolute atomic E-state index is 0.198. The molecule has 0 saturated heterocycles. The van der Waals surface area contributed by atoms with Gasteiger partial charge in [-0.3, -0.25) is 0 Å². The van der Waals surface area contributed by atoms with Crippen LogP contribution in [0, 0.1) is 0 Å². The fraction of sp³-hybridized carbons (Fsp3) is 0.702. The SMILES string of the molecule is [B]C(C)(CC)c1ccc2c(c1)C(CCCC(C)(CC)O/C(C)=C(\C)OC)(CCC(C)(CC)OCCC(C)(CC)OC)c1cc(C([B])(C)CC)c(OC)cc1-2. The second-order valence-electron chi connectivity index (χ2n) is 17.5. The van der Waals surface area contributed by atoms with Crippen molar-refractivity contribution < 1.29 is 23.7 Å². The third-order valence-corrected chi connectivity index (χ3v) is 13.8. The number of fused-ring (bicyclic) bond motifs is 3. The molecule has 0 fully saturated rings. The van der Waals surface area contributed by atoms with Gasteiger partial charge in [-0.15, -0.1) is 0 Å². The van der Waals surface area contributed by atoms with Crippen molar-refractivity contribution in [3.63, 3.8) is 0 Å². The topological polar surface area (TPSA) is 46.2 Å². The maximum Gasteiger partial charge on any atom is 0.131 e. The van der Waals surface area contributed by atoms with Crippen LogP contribution in [0.2, 0.25) is 0 Å². The van der Waals surface area contributed by atoms with E-state index in [9.17, 15) is 0 Å². The summed E-state index contributed by atoms with van der Waals surface area (Å²) in [6.45, 7) is 26.6. The molecular formula is C47H74B2O5. The fourth-order valence-electron chi connectivity index (χ4n) is 7.96. The van der Waals surface area contributed by atoms with Crippen molar-refractivity contribution in [2.75, 3.05) is 27.9 Å². The van der Waals surface area contributed by atoms with E-state index in [1.165, 1.54) is 22.3 Å². The molecule has 3 rings (SSSR count). The first-order valence-electron chi connectivity index (χ1n) is 20.8. The average Bonchev–Trinajstić information content (AvgIpc) is 3.43. The molecule has 0 saturated carbocycles. The van der Waals surface area contributed by atoms with Gasteiger partial charge < -0.3 is 23.7 Å². The third kappa shape index (κ3) is 9.95. The molecule has 2 aromatic rings. The van der Waals surface area contributed by atoms with Crippen LogP contribution in [0.25, 0.3) is 11.1 Å². The van der Waals surface area contributed by atoms with Gasteiger partial charge in [0.05, 0.1) is 47.7 Å². The largest absolute Gasteiger partial charge is 0.498 e. The Bertz CT molecular complexity index is 1580. The summed E-state index contributed by atoms with van der Waals surface area (Å²) in [6.07, 6.45) is 9.81. The second-order valence-corrected chi connectivity index (χ2v) is 17.5. The number of allylic oxidation sites excluding steroid dienone is 2. The third-order valence-electron chi connectivity index (χ3n) is 13.8. The Hall–Kier alpha value is -2.37. The predicted octanol–water partition coefficient (Wildman–Crippen LogP) is 12.0. The van der Waals surface area contributed by atoms with Crippen molar-refractivity contribution in [2.24, 2.45) is 0 Å². The van der Waals surface area contributed by atoms with Crippen LogP contribution in [0.3, 0.4) is 0 Å². The molecule has 1 aliphatic rings. The standard InChI is InChI=1S/C47H74B2O5/c1-16-42(8,52-15)28-29-53-43(9,17-2)26-27-47(25-21-24-44(10,18-3)54-34(7)33(6)50-13)38-30-35(45(11,48)19-4)22-23-36(38)37-31-41(51-14)40(32-39(37)47)46(12,49)20-5/h22-23,30-32H,16-21,24-29H2,1-15H3/b34-33+. The quantitative estimate of drug-likeness (QED) is 0.0839. The highest BCUT2D eigenvalue weighted by molar-refractivity contribution is 6.16. The van der Waals surface area contributed by atoms with Gasteiger partial charge in [-0.2, -0.15) is 0 Å². The number of hydrogen-bond acceptors (Lipinski definition) is 5. The smallest absolute Gasteiger partial charge is 0.131 e. The van der Waals surface area contributed by atoms with E-state index in [0.29, 0.717) is 6.61 Å². The number of ether oxygens (including phenoxy) is 5. The number of benzene rings is 2. The Labute approximate surface area is 333 Å². The molecule has 0 aliphatic heterocycles.